The zero-order valence-electron chi connectivity index (χ0n) is 35.9. The van der Waals surface area contributed by atoms with E-state index in [0.717, 1.165) is 77.2 Å². The number of hydrogen-bond acceptors (Lipinski definition) is 0. The minimum Gasteiger partial charge on any atom is -0.310 e. The Labute approximate surface area is 374 Å². The molecule has 0 amide bonds. The Morgan fingerprint density at radius 2 is 0.938 bits per heavy atom. The van der Waals surface area contributed by atoms with E-state index < -0.39 is 11.7 Å². The second-order valence-corrected chi connectivity index (χ2v) is 16.9. The summed E-state index contributed by atoms with van der Waals surface area (Å²) >= 11 is 0. The molecule has 312 valence electrons. The van der Waals surface area contributed by atoms with E-state index in [-0.39, 0.29) is 0 Å². The second-order valence-electron chi connectivity index (χ2n) is 16.9. The summed E-state index contributed by atoms with van der Waals surface area (Å²) in [6, 6.07) is 62.4. The predicted octanol–water partition coefficient (Wildman–Crippen LogP) is 17.0. The van der Waals surface area contributed by atoms with Crippen molar-refractivity contribution in [2.24, 2.45) is 0 Å². The molecule has 0 radical (unpaired) electrons. The smallest absolute Gasteiger partial charge is 0.310 e. The minimum atomic E-state index is -4.52. The average molecular weight is 848 g/mol. The summed E-state index contributed by atoms with van der Waals surface area (Å²) in [4.78, 5) is 4.18. The molecule has 0 N–H and O–H groups in total. The highest BCUT2D eigenvalue weighted by Gasteiger charge is 2.31. The molecule has 0 saturated heterocycles. The van der Waals surface area contributed by atoms with Gasteiger partial charge in [0, 0.05) is 32.8 Å². The Bertz CT molecular complexity index is 3760. The van der Waals surface area contributed by atoms with Crippen LogP contribution in [-0.2, 0) is 6.18 Å². The maximum absolute atomic E-state index is 14.4. The molecule has 0 spiro atoms. The number of benzene rings is 9. The summed E-state index contributed by atoms with van der Waals surface area (Å²) in [6.45, 7) is 14.6. The van der Waals surface area contributed by atoms with Gasteiger partial charge in [-0.3, -0.25) is 0 Å². The van der Waals surface area contributed by atoms with Gasteiger partial charge in [-0.05, 0) is 143 Å². The summed E-state index contributed by atoms with van der Waals surface area (Å²) in [5.41, 5.74) is 15.0. The molecule has 2 heterocycles. The van der Waals surface area contributed by atoms with Crippen LogP contribution in [0.1, 0.15) is 22.3 Å². The summed E-state index contributed by atoms with van der Waals surface area (Å²) in [7, 11) is 0. The Hall–Kier alpha value is -8.14. The molecule has 0 bridgehead atoms. The summed E-state index contributed by atoms with van der Waals surface area (Å²) in [5, 5.41) is 4.26. The maximum atomic E-state index is 14.4. The molecule has 0 atom stereocenters. The van der Waals surface area contributed by atoms with E-state index in [2.05, 4.69) is 143 Å². The van der Waals surface area contributed by atoms with Gasteiger partial charge in [-0.2, -0.15) is 13.2 Å². The Kier molecular flexibility index (Phi) is 9.34. The molecular weight excluding hydrogens is 808 g/mol. The van der Waals surface area contributed by atoms with Crippen LogP contribution in [0.5, 0.6) is 0 Å². The fourth-order valence-electron chi connectivity index (χ4n) is 9.90. The van der Waals surface area contributed by atoms with E-state index in [1.165, 1.54) is 23.3 Å². The van der Waals surface area contributed by atoms with Crippen molar-refractivity contribution < 1.29 is 13.2 Å². The Morgan fingerprint density at radius 3 is 1.51 bits per heavy atom. The largest absolute Gasteiger partial charge is 0.416 e. The topological polar surface area (TPSA) is 14.2 Å². The van der Waals surface area contributed by atoms with Crippen LogP contribution < -0.4 is 0 Å². The Morgan fingerprint density at radius 1 is 0.415 bits per heavy atom. The second kappa shape index (κ2) is 15.3. The monoisotopic (exact) mass is 847 g/mol. The molecule has 0 unspecified atom stereocenters. The first-order valence-electron chi connectivity index (χ1n) is 21.6. The van der Waals surface area contributed by atoms with Crippen LogP contribution in [0.15, 0.2) is 188 Å². The molecule has 0 aliphatic carbocycles. The van der Waals surface area contributed by atoms with Crippen molar-refractivity contribution in [3.8, 4) is 55.9 Å². The first-order valence-corrected chi connectivity index (χ1v) is 21.6. The number of alkyl halides is 3. The van der Waals surface area contributed by atoms with Crippen LogP contribution in [0.4, 0.5) is 18.9 Å². The first kappa shape index (κ1) is 39.7. The molecule has 0 aliphatic heterocycles. The van der Waals surface area contributed by atoms with Crippen molar-refractivity contribution in [3.05, 3.63) is 222 Å². The molecule has 11 aromatic rings. The number of halogens is 3. The molecular formula is C59H40F3N3. The zero-order valence-corrected chi connectivity index (χ0v) is 35.9. The molecule has 65 heavy (non-hydrogen) atoms. The van der Waals surface area contributed by atoms with Crippen LogP contribution in [0.3, 0.4) is 0 Å². The van der Waals surface area contributed by atoms with Crippen molar-refractivity contribution in [1.29, 1.82) is 0 Å². The first-order chi connectivity index (χ1) is 31.6. The molecule has 6 heteroatoms. The molecule has 9 aromatic carbocycles. The van der Waals surface area contributed by atoms with Gasteiger partial charge >= 0.3 is 6.18 Å². The number of aryl methyl sites for hydroxylation is 3. The number of fused-ring (bicyclic) bond motifs is 6. The van der Waals surface area contributed by atoms with Gasteiger partial charge in [-0.15, -0.1) is 0 Å². The molecule has 11 rings (SSSR count). The predicted molar refractivity (Wildman–Crippen MR) is 262 cm³/mol. The van der Waals surface area contributed by atoms with Gasteiger partial charge in [0.2, 0.25) is 0 Å². The lowest BCUT2D eigenvalue weighted by molar-refractivity contribution is -0.137. The highest BCUT2D eigenvalue weighted by molar-refractivity contribution is 6.13. The van der Waals surface area contributed by atoms with Crippen molar-refractivity contribution in [3.63, 3.8) is 0 Å². The van der Waals surface area contributed by atoms with E-state index in [1.54, 1.807) is 13.0 Å². The maximum Gasteiger partial charge on any atom is 0.416 e. The molecule has 0 saturated carbocycles. The van der Waals surface area contributed by atoms with Crippen molar-refractivity contribution in [1.82, 2.24) is 9.13 Å². The third kappa shape index (κ3) is 6.59. The van der Waals surface area contributed by atoms with Crippen LogP contribution in [0.2, 0.25) is 0 Å². The number of para-hydroxylation sites is 2. The third-order valence-electron chi connectivity index (χ3n) is 12.9. The number of hydrogen-bond donors (Lipinski definition) is 0. The van der Waals surface area contributed by atoms with Gasteiger partial charge in [0.1, 0.15) is 0 Å². The lowest BCUT2D eigenvalue weighted by atomic mass is 9.93. The lowest BCUT2D eigenvalue weighted by Crippen LogP contribution is -2.05. The van der Waals surface area contributed by atoms with Crippen molar-refractivity contribution >= 4 is 49.3 Å². The molecule has 3 nitrogen and oxygen atoms in total. The number of nitrogens with zero attached hydrogens (tertiary/aromatic N) is 3. The van der Waals surface area contributed by atoms with Gasteiger partial charge in [0.05, 0.1) is 39.9 Å². The molecule has 0 fully saturated rings. The number of rotatable bonds is 6. The minimum absolute atomic E-state index is 0.422. The SMILES string of the molecule is [C-]#[N+]c1cccc(-n2c3ccccc3c3cc(-c4ccccc4C)ccc32)c1-c1cc(-c2cc(C)cc(C(F)(F)F)c2)ccc1-n1c2ccccc2c2cc(-c3ccccc3C)ccc21. The summed E-state index contributed by atoms with van der Waals surface area (Å²) in [6.07, 6.45) is -4.52. The van der Waals surface area contributed by atoms with Crippen molar-refractivity contribution in [2.75, 3.05) is 0 Å². The van der Waals surface area contributed by atoms with E-state index in [4.69, 9.17) is 6.57 Å². The third-order valence-corrected chi connectivity index (χ3v) is 12.9. The van der Waals surface area contributed by atoms with Gasteiger partial charge in [-0.1, -0.05) is 121 Å². The van der Waals surface area contributed by atoms with Crippen LogP contribution in [0.25, 0.3) is 104 Å². The average Bonchev–Trinajstić information content (AvgIpc) is 3.83. The van der Waals surface area contributed by atoms with E-state index in [9.17, 15) is 13.2 Å². The van der Waals surface area contributed by atoms with Gasteiger partial charge in [0.25, 0.3) is 0 Å². The normalized spacial score (nSPS) is 11.8. The summed E-state index contributed by atoms with van der Waals surface area (Å²) in [5.74, 6) is 0. The quantitative estimate of drug-likeness (QED) is 0.148. The van der Waals surface area contributed by atoms with Crippen LogP contribution >= 0.6 is 0 Å². The highest BCUT2D eigenvalue weighted by Crippen LogP contribution is 2.47. The number of aromatic nitrogens is 2. The highest BCUT2D eigenvalue weighted by atomic mass is 19.4. The van der Waals surface area contributed by atoms with E-state index in [1.807, 2.05) is 54.6 Å². The van der Waals surface area contributed by atoms with E-state index >= 15 is 0 Å². The van der Waals surface area contributed by atoms with Crippen LogP contribution in [0, 0.1) is 27.3 Å². The molecule has 0 aliphatic rings. The standard InChI is InChI=1S/C59H40F3N3/c1-36-30-42(32-43(31-36)59(60,61)62)39-24-27-56(64-52-21-11-9-18-46(52)48-34-40(25-28-54(48)64)44-16-7-5-14-37(44)2)50(33-39)58-51(63-4)20-13-23-57(58)65-53-22-12-10-19-47(53)49-35-41(26-29-55(49)65)45-17-8-6-15-38(45)3/h5-35H,1-3H3. The lowest BCUT2D eigenvalue weighted by Gasteiger charge is -2.21. The van der Waals surface area contributed by atoms with Crippen molar-refractivity contribution in [2.45, 2.75) is 26.9 Å². The van der Waals surface area contributed by atoms with Gasteiger partial charge in [0.15, 0.2) is 5.69 Å². The zero-order chi connectivity index (χ0) is 44.6. The van der Waals surface area contributed by atoms with Gasteiger partial charge < -0.3 is 9.13 Å². The van der Waals surface area contributed by atoms with E-state index in [0.29, 0.717) is 33.5 Å². The van der Waals surface area contributed by atoms with Gasteiger partial charge in [-0.25, -0.2) is 4.85 Å². The van der Waals surface area contributed by atoms with Crippen LogP contribution in [-0.4, -0.2) is 9.13 Å². The fraction of sp³-hybridized carbons (Fsp3) is 0.0678. The fourth-order valence-corrected chi connectivity index (χ4v) is 9.90. The Balaban J connectivity index is 1.23. The summed E-state index contributed by atoms with van der Waals surface area (Å²) < 4.78 is 47.6. The molecule has 2 aromatic heterocycles.